The SMILES string of the molecule is O=C(O)C1C(O)CC(O)CN1c1ccc(-n2[nH]nnc2=S)cc1. The summed E-state index contributed by atoms with van der Waals surface area (Å²) in [7, 11) is 0. The Morgan fingerprint density at radius 3 is 2.48 bits per heavy atom. The molecule has 0 aliphatic carbocycles. The van der Waals surface area contributed by atoms with Crippen LogP contribution in [0.25, 0.3) is 5.69 Å². The zero-order chi connectivity index (χ0) is 16.6. The Morgan fingerprint density at radius 2 is 1.91 bits per heavy atom. The van der Waals surface area contributed by atoms with E-state index in [2.05, 4.69) is 15.5 Å². The van der Waals surface area contributed by atoms with Gasteiger partial charge >= 0.3 is 5.97 Å². The number of benzene rings is 1. The van der Waals surface area contributed by atoms with Gasteiger partial charge < -0.3 is 20.2 Å². The fourth-order valence-electron chi connectivity index (χ4n) is 2.75. The molecular weight excluding hydrogens is 322 g/mol. The minimum atomic E-state index is -1.14. The molecule has 0 spiro atoms. The molecule has 0 bridgehead atoms. The van der Waals surface area contributed by atoms with Crippen molar-refractivity contribution in [2.75, 3.05) is 11.4 Å². The van der Waals surface area contributed by atoms with Crippen molar-refractivity contribution in [1.29, 1.82) is 0 Å². The molecule has 0 radical (unpaired) electrons. The number of carboxylic acid groups (broad SMARTS) is 1. The van der Waals surface area contributed by atoms with Gasteiger partial charge in [0.05, 0.1) is 17.9 Å². The first-order valence-electron chi connectivity index (χ1n) is 6.93. The Morgan fingerprint density at radius 1 is 1.26 bits per heavy atom. The maximum Gasteiger partial charge on any atom is 0.329 e. The number of tetrazole rings is 1. The number of aliphatic hydroxyl groups is 2. The highest BCUT2D eigenvalue weighted by molar-refractivity contribution is 7.71. The number of carboxylic acids is 1. The van der Waals surface area contributed by atoms with Crippen LogP contribution in [-0.2, 0) is 4.79 Å². The predicted molar refractivity (Wildman–Crippen MR) is 81.9 cm³/mol. The summed E-state index contributed by atoms with van der Waals surface area (Å²) in [6.07, 6.45) is -1.88. The molecule has 0 amide bonds. The molecule has 1 fully saturated rings. The molecule has 1 aromatic heterocycles. The molecule has 1 aromatic carbocycles. The molecule has 1 aliphatic rings. The second-order valence-electron chi connectivity index (χ2n) is 5.33. The number of hydrogen-bond acceptors (Lipinski definition) is 7. The van der Waals surface area contributed by atoms with E-state index in [1.807, 2.05) is 0 Å². The molecular formula is C13H15N5O4S. The number of hydrogen-bond donors (Lipinski definition) is 4. The summed E-state index contributed by atoms with van der Waals surface area (Å²) >= 11 is 5.01. The van der Waals surface area contributed by atoms with Crippen LogP contribution in [-0.4, -0.2) is 66.3 Å². The number of piperidine rings is 1. The second kappa shape index (κ2) is 6.07. The predicted octanol–water partition coefficient (Wildman–Crippen LogP) is -0.290. The van der Waals surface area contributed by atoms with Crippen LogP contribution in [0.2, 0.25) is 0 Å². The van der Waals surface area contributed by atoms with E-state index in [1.165, 1.54) is 9.58 Å². The first-order valence-corrected chi connectivity index (χ1v) is 7.34. The van der Waals surface area contributed by atoms with Crippen LogP contribution in [0.4, 0.5) is 5.69 Å². The van der Waals surface area contributed by atoms with Gasteiger partial charge in [0.25, 0.3) is 0 Å². The van der Waals surface area contributed by atoms with E-state index in [4.69, 9.17) is 12.2 Å². The van der Waals surface area contributed by atoms with Crippen LogP contribution in [0, 0.1) is 4.77 Å². The van der Waals surface area contributed by atoms with Crippen LogP contribution in [0.15, 0.2) is 24.3 Å². The number of aliphatic carboxylic acids is 1. The van der Waals surface area contributed by atoms with E-state index in [0.29, 0.717) is 11.4 Å². The van der Waals surface area contributed by atoms with Gasteiger partial charge in [-0.05, 0) is 36.5 Å². The number of aromatic nitrogens is 4. The smallest absolute Gasteiger partial charge is 0.329 e. The quantitative estimate of drug-likeness (QED) is 0.563. The van der Waals surface area contributed by atoms with Crippen LogP contribution in [0.3, 0.4) is 0 Å². The number of nitrogens with zero attached hydrogens (tertiary/aromatic N) is 4. The number of nitrogens with one attached hydrogen (secondary N) is 1. The van der Waals surface area contributed by atoms with Crippen molar-refractivity contribution >= 4 is 23.9 Å². The minimum Gasteiger partial charge on any atom is -0.480 e. The molecule has 3 unspecified atom stereocenters. The summed E-state index contributed by atoms with van der Waals surface area (Å²) < 4.78 is 1.76. The van der Waals surface area contributed by atoms with Gasteiger partial charge in [0.15, 0.2) is 6.04 Å². The lowest BCUT2D eigenvalue weighted by Gasteiger charge is -2.40. The van der Waals surface area contributed by atoms with Gasteiger partial charge in [-0.25, -0.2) is 9.48 Å². The molecule has 1 aliphatic heterocycles. The van der Waals surface area contributed by atoms with E-state index in [0.717, 1.165) is 0 Å². The normalized spacial score (nSPS) is 24.6. The van der Waals surface area contributed by atoms with Gasteiger partial charge in [-0.3, -0.25) is 0 Å². The van der Waals surface area contributed by atoms with Crippen molar-refractivity contribution in [2.24, 2.45) is 0 Å². The van der Waals surface area contributed by atoms with Crippen molar-refractivity contribution < 1.29 is 20.1 Å². The van der Waals surface area contributed by atoms with Crippen molar-refractivity contribution in [3.05, 3.63) is 29.0 Å². The largest absolute Gasteiger partial charge is 0.480 e. The van der Waals surface area contributed by atoms with Gasteiger partial charge in [-0.2, -0.15) is 5.21 Å². The van der Waals surface area contributed by atoms with E-state index < -0.39 is 24.2 Å². The average molecular weight is 337 g/mol. The molecule has 0 saturated carbocycles. The zero-order valence-corrected chi connectivity index (χ0v) is 12.7. The Hall–Kier alpha value is -2.30. The maximum atomic E-state index is 11.4. The molecule has 1 saturated heterocycles. The number of aliphatic hydroxyl groups excluding tert-OH is 2. The fourth-order valence-corrected chi connectivity index (χ4v) is 2.94. The molecule has 9 nitrogen and oxygen atoms in total. The Labute approximate surface area is 135 Å². The summed E-state index contributed by atoms with van der Waals surface area (Å²) in [5.41, 5.74) is 1.27. The summed E-state index contributed by atoms with van der Waals surface area (Å²) in [5, 5.41) is 39.0. The van der Waals surface area contributed by atoms with Crippen LogP contribution in [0.5, 0.6) is 0 Å². The minimum absolute atomic E-state index is 0.0422. The molecule has 3 rings (SSSR count). The van der Waals surface area contributed by atoms with Gasteiger partial charge in [0, 0.05) is 18.7 Å². The molecule has 4 N–H and O–H groups in total. The summed E-state index contributed by atoms with van der Waals surface area (Å²) in [6.45, 7) is 0.137. The summed E-state index contributed by atoms with van der Waals surface area (Å²) in [6, 6.07) is 5.73. The standard InChI is InChI=1S/C13H15N5O4S/c19-9-5-10(20)11(12(21)22)17(6-9)7-1-3-8(4-2-7)18-13(23)14-15-16-18/h1-4,9-11,19-20H,5-6H2,(H,21,22)(H,14,16,23). The lowest BCUT2D eigenvalue weighted by atomic mass is 9.96. The molecule has 2 heterocycles. The van der Waals surface area contributed by atoms with Crippen molar-refractivity contribution in [2.45, 2.75) is 24.7 Å². The molecule has 10 heteroatoms. The van der Waals surface area contributed by atoms with Gasteiger partial charge in [-0.1, -0.05) is 10.3 Å². The maximum absolute atomic E-state index is 11.4. The Balaban J connectivity index is 1.92. The van der Waals surface area contributed by atoms with Crippen molar-refractivity contribution in [3.8, 4) is 5.69 Å². The lowest BCUT2D eigenvalue weighted by Crippen LogP contribution is -2.57. The lowest BCUT2D eigenvalue weighted by molar-refractivity contribution is -0.142. The number of rotatable bonds is 3. The third-order valence-corrected chi connectivity index (χ3v) is 4.05. The molecule has 23 heavy (non-hydrogen) atoms. The highest BCUT2D eigenvalue weighted by Crippen LogP contribution is 2.26. The Bertz CT molecular complexity index is 758. The molecule has 3 atom stereocenters. The first kappa shape index (κ1) is 15.6. The van der Waals surface area contributed by atoms with E-state index in [-0.39, 0.29) is 17.7 Å². The summed E-state index contributed by atoms with van der Waals surface area (Å²) in [4.78, 5) is 12.9. The van der Waals surface area contributed by atoms with E-state index >= 15 is 0 Å². The average Bonchev–Trinajstić information content (AvgIpc) is 2.92. The van der Waals surface area contributed by atoms with E-state index in [9.17, 15) is 20.1 Å². The number of β-amino-alcohol motifs (C(OH)–C–C–N with tert-alkyl or cyclic N) is 1. The fraction of sp³-hybridized carbons (Fsp3) is 0.385. The van der Waals surface area contributed by atoms with Gasteiger partial charge in [0.2, 0.25) is 4.77 Å². The summed E-state index contributed by atoms with van der Waals surface area (Å²) in [5.74, 6) is -1.13. The van der Waals surface area contributed by atoms with Crippen LogP contribution in [0.1, 0.15) is 6.42 Å². The van der Waals surface area contributed by atoms with Crippen LogP contribution < -0.4 is 4.90 Å². The van der Waals surface area contributed by atoms with Gasteiger partial charge in [-0.15, -0.1) is 0 Å². The second-order valence-corrected chi connectivity index (χ2v) is 5.69. The molecule has 122 valence electrons. The highest BCUT2D eigenvalue weighted by Gasteiger charge is 2.39. The van der Waals surface area contributed by atoms with E-state index in [1.54, 1.807) is 24.3 Å². The zero-order valence-electron chi connectivity index (χ0n) is 11.9. The third-order valence-electron chi connectivity index (χ3n) is 3.79. The third kappa shape index (κ3) is 2.96. The first-order chi connectivity index (χ1) is 11.0. The topological polar surface area (TPSA) is 128 Å². The van der Waals surface area contributed by atoms with Gasteiger partial charge in [0.1, 0.15) is 0 Å². The van der Waals surface area contributed by atoms with Crippen molar-refractivity contribution in [3.63, 3.8) is 0 Å². The van der Waals surface area contributed by atoms with Crippen LogP contribution >= 0.6 is 12.2 Å². The number of carbonyl (C=O) groups is 1. The van der Waals surface area contributed by atoms with Crippen molar-refractivity contribution in [1.82, 2.24) is 20.2 Å². The Kier molecular flexibility index (Phi) is 4.11. The monoisotopic (exact) mass is 337 g/mol. The number of H-pyrrole nitrogens is 1. The number of aromatic amines is 1. The number of anilines is 1. The molecule has 2 aromatic rings. The highest BCUT2D eigenvalue weighted by atomic mass is 32.1.